The van der Waals surface area contributed by atoms with Gasteiger partial charge in [0, 0.05) is 27.7 Å². The second-order valence-corrected chi connectivity index (χ2v) is 7.81. The van der Waals surface area contributed by atoms with Gasteiger partial charge in [0.05, 0.1) is 7.11 Å². The smallest absolute Gasteiger partial charge is 0.161 e. The van der Waals surface area contributed by atoms with Crippen LogP contribution in [0.15, 0.2) is 60.7 Å². The highest BCUT2D eigenvalue weighted by Crippen LogP contribution is 2.30. The van der Waals surface area contributed by atoms with Crippen LogP contribution in [-0.4, -0.2) is 12.1 Å². The van der Waals surface area contributed by atoms with E-state index in [1.54, 1.807) is 19.2 Å². The van der Waals surface area contributed by atoms with Gasteiger partial charge in [0.1, 0.15) is 11.6 Å². The van der Waals surface area contributed by atoms with Crippen molar-refractivity contribution in [2.45, 2.75) is 20.1 Å². The number of halogens is 2. The summed E-state index contributed by atoms with van der Waals surface area (Å²) in [5.41, 5.74) is 4.11. The molecule has 3 nitrogen and oxygen atoms in total. The van der Waals surface area contributed by atoms with Crippen LogP contribution in [0.5, 0.6) is 11.5 Å². The fourth-order valence-electron chi connectivity index (χ4n) is 2.83. The third-order valence-corrected chi connectivity index (χ3v) is 5.33. The van der Waals surface area contributed by atoms with E-state index < -0.39 is 0 Å². The van der Waals surface area contributed by atoms with Crippen LogP contribution in [0.3, 0.4) is 0 Å². The molecule has 0 aliphatic carbocycles. The number of benzene rings is 3. The highest BCUT2D eigenvalue weighted by atomic mass is 35.5. The molecule has 150 valence electrons. The van der Waals surface area contributed by atoms with E-state index >= 15 is 0 Å². The number of aryl methyl sites for hydroxylation is 1. The van der Waals surface area contributed by atoms with Crippen molar-refractivity contribution in [3.05, 3.63) is 93.0 Å². The van der Waals surface area contributed by atoms with Crippen molar-refractivity contribution in [2.75, 3.05) is 7.11 Å². The predicted octanol–water partition coefficient (Wildman–Crippen LogP) is 6.35. The first-order chi connectivity index (χ1) is 14.0. The molecule has 0 saturated carbocycles. The lowest BCUT2D eigenvalue weighted by Crippen LogP contribution is -2.21. The zero-order valence-electron chi connectivity index (χ0n) is 16.2. The average molecular weight is 446 g/mol. The summed E-state index contributed by atoms with van der Waals surface area (Å²) in [6, 6.07) is 19.3. The minimum Gasteiger partial charge on any atom is -0.493 e. The van der Waals surface area contributed by atoms with E-state index in [4.69, 9.17) is 44.9 Å². The lowest BCUT2D eigenvalue weighted by atomic mass is 10.1. The van der Waals surface area contributed by atoms with Gasteiger partial charge < -0.3 is 14.8 Å². The molecule has 0 aliphatic heterocycles. The van der Waals surface area contributed by atoms with Crippen LogP contribution in [0.1, 0.15) is 22.3 Å². The maximum absolute atomic E-state index is 6.21. The van der Waals surface area contributed by atoms with Gasteiger partial charge >= 0.3 is 0 Å². The summed E-state index contributed by atoms with van der Waals surface area (Å²) in [6.45, 7) is 3.04. The molecule has 1 N–H and O–H groups in total. The van der Waals surface area contributed by atoms with Gasteiger partial charge in [-0.1, -0.05) is 71.3 Å². The predicted molar refractivity (Wildman–Crippen MR) is 124 cm³/mol. The molecule has 0 atom stereocenters. The minimum absolute atomic E-state index is 0.307. The standard InChI is InChI=1S/C23H21Cl2NO2S/c1-15-4-3-5-16(10-15)13-26-23(29)17-7-9-21(22(11-17)27-2)28-14-18-6-8-19(24)12-20(18)25/h3-12H,13-14H2,1-2H3,(H,26,29). The van der Waals surface area contributed by atoms with E-state index in [2.05, 4.69) is 30.4 Å². The number of methoxy groups -OCH3 is 1. The van der Waals surface area contributed by atoms with E-state index in [-0.39, 0.29) is 0 Å². The molecule has 3 rings (SSSR count). The first-order valence-electron chi connectivity index (χ1n) is 9.05. The number of thiocarbonyl (C=S) groups is 1. The summed E-state index contributed by atoms with van der Waals surface area (Å²) in [5.74, 6) is 1.22. The van der Waals surface area contributed by atoms with E-state index in [1.807, 2.05) is 30.3 Å². The maximum Gasteiger partial charge on any atom is 0.161 e. The Balaban J connectivity index is 1.66. The molecule has 0 aromatic heterocycles. The zero-order valence-corrected chi connectivity index (χ0v) is 18.5. The van der Waals surface area contributed by atoms with Crippen LogP contribution in [-0.2, 0) is 13.2 Å². The molecule has 0 saturated heterocycles. The van der Waals surface area contributed by atoms with Crippen LogP contribution >= 0.6 is 35.4 Å². The highest BCUT2D eigenvalue weighted by molar-refractivity contribution is 7.80. The Morgan fingerprint density at radius 3 is 2.55 bits per heavy atom. The molecule has 3 aromatic rings. The van der Waals surface area contributed by atoms with Crippen LogP contribution in [0.2, 0.25) is 10.0 Å². The number of hydrogen-bond donors (Lipinski definition) is 1. The summed E-state index contributed by atoms with van der Waals surface area (Å²) < 4.78 is 11.4. The van der Waals surface area contributed by atoms with Gasteiger partial charge in [0.2, 0.25) is 0 Å². The molecule has 0 heterocycles. The van der Waals surface area contributed by atoms with E-state index in [9.17, 15) is 0 Å². The SMILES string of the molecule is COc1cc(C(=S)NCc2cccc(C)c2)ccc1OCc1ccc(Cl)cc1Cl. The molecular weight excluding hydrogens is 425 g/mol. The molecule has 0 amide bonds. The third-order valence-electron chi connectivity index (χ3n) is 4.36. The van der Waals surface area contributed by atoms with Gasteiger partial charge in [-0.25, -0.2) is 0 Å². The fraction of sp³-hybridized carbons (Fsp3) is 0.174. The van der Waals surface area contributed by atoms with Crippen molar-refractivity contribution in [2.24, 2.45) is 0 Å². The van der Waals surface area contributed by atoms with E-state index in [0.717, 1.165) is 11.1 Å². The van der Waals surface area contributed by atoms with Gasteiger partial charge in [0.15, 0.2) is 11.5 Å². The van der Waals surface area contributed by atoms with Crippen molar-refractivity contribution in [1.82, 2.24) is 5.32 Å². The van der Waals surface area contributed by atoms with Gasteiger partial charge in [-0.15, -0.1) is 0 Å². The zero-order chi connectivity index (χ0) is 20.8. The molecule has 0 spiro atoms. The van der Waals surface area contributed by atoms with Crippen molar-refractivity contribution in [3.8, 4) is 11.5 Å². The molecular formula is C23H21Cl2NO2S. The van der Waals surface area contributed by atoms with Crippen molar-refractivity contribution >= 4 is 40.4 Å². The van der Waals surface area contributed by atoms with Gasteiger partial charge in [-0.3, -0.25) is 0 Å². The Morgan fingerprint density at radius 2 is 1.83 bits per heavy atom. The Kier molecular flexibility index (Phi) is 7.37. The van der Waals surface area contributed by atoms with Crippen LogP contribution in [0.25, 0.3) is 0 Å². The molecule has 0 bridgehead atoms. The second kappa shape index (κ2) is 9.97. The van der Waals surface area contributed by atoms with Crippen LogP contribution in [0.4, 0.5) is 0 Å². The van der Waals surface area contributed by atoms with Gasteiger partial charge in [-0.2, -0.15) is 0 Å². The van der Waals surface area contributed by atoms with E-state index in [0.29, 0.717) is 39.7 Å². The summed E-state index contributed by atoms with van der Waals surface area (Å²) in [4.78, 5) is 0.650. The topological polar surface area (TPSA) is 30.5 Å². The molecule has 0 fully saturated rings. The van der Waals surface area contributed by atoms with E-state index in [1.165, 1.54) is 11.1 Å². The number of hydrogen-bond acceptors (Lipinski definition) is 3. The Labute approximate surface area is 186 Å². The van der Waals surface area contributed by atoms with Gasteiger partial charge in [0.25, 0.3) is 0 Å². The molecule has 0 radical (unpaired) electrons. The molecule has 6 heteroatoms. The molecule has 0 unspecified atom stereocenters. The lowest BCUT2D eigenvalue weighted by Gasteiger charge is -2.14. The number of rotatable bonds is 7. The summed E-state index contributed by atoms with van der Waals surface area (Å²) in [6.07, 6.45) is 0. The van der Waals surface area contributed by atoms with Crippen molar-refractivity contribution in [1.29, 1.82) is 0 Å². The Bertz CT molecular complexity index is 1020. The summed E-state index contributed by atoms with van der Waals surface area (Å²) in [5, 5.41) is 4.44. The van der Waals surface area contributed by atoms with Crippen molar-refractivity contribution in [3.63, 3.8) is 0 Å². The first kappa shape index (κ1) is 21.4. The Morgan fingerprint density at radius 1 is 1.00 bits per heavy atom. The molecule has 3 aromatic carbocycles. The summed E-state index contributed by atoms with van der Waals surface area (Å²) >= 11 is 17.7. The normalized spacial score (nSPS) is 10.5. The monoisotopic (exact) mass is 445 g/mol. The van der Waals surface area contributed by atoms with Crippen molar-refractivity contribution < 1.29 is 9.47 Å². The van der Waals surface area contributed by atoms with Crippen LogP contribution < -0.4 is 14.8 Å². The van der Waals surface area contributed by atoms with Gasteiger partial charge in [-0.05, 0) is 42.8 Å². The third kappa shape index (κ3) is 5.86. The number of ether oxygens (including phenoxy) is 2. The second-order valence-electron chi connectivity index (χ2n) is 6.56. The average Bonchev–Trinajstić information content (AvgIpc) is 2.71. The van der Waals surface area contributed by atoms with Crippen LogP contribution in [0, 0.1) is 6.92 Å². The lowest BCUT2D eigenvalue weighted by molar-refractivity contribution is 0.284. The minimum atomic E-state index is 0.307. The number of nitrogens with one attached hydrogen (secondary N) is 1. The summed E-state index contributed by atoms with van der Waals surface area (Å²) in [7, 11) is 1.60. The molecule has 0 aliphatic rings. The maximum atomic E-state index is 6.21. The molecule has 29 heavy (non-hydrogen) atoms. The fourth-order valence-corrected chi connectivity index (χ4v) is 3.49. The first-order valence-corrected chi connectivity index (χ1v) is 10.2. The largest absolute Gasteiger partial charge is 0.493 e. The highest BCUT2D eigenvalue weighted by Gasteiger charge is 2.10. The quantitative estimate of drug-likeness (QED) is 0.428. The Hall–Kier alpha value is -2.27.